The fourth-order valence-corrected chi connectivity index (χ4v) is 5.23. The molecule has 4 rings (SSSR count). The number of likely N-dealkylation sites (tertiary alicyclic amines) is 1. The highest BCUT2D eigenvalue weighted by molar-refractivity contribution is 6.30. The molecule has 2 heterocycles. The molecule has 0 atom stereocenters. The van der Waals surface area contributed by atoms with Gasteiger partial charge in [0.1, 0.15) is 5.75 Å². The lowest BCUT2D eigenvalue weighted by atomic mass is 9.86. The first kappa shape index (κ1) is 25.8. The predicted octanol–water partition coefficient (Wildman–Crippen LogP) is 5.67. The van der Waals surface area contributed by atoms with Gasteiger partial charge in [0, 0.05) is 34.9 Å². The maximum Gasteiger partial charge on any atom is 0.414 e. The van der Waals surface area contributed by atoms with Crippen LogP contribution in [0.1, 0.15) is 63.6 Å². The normalized spacial score (nSPS) is 20.8. The van der Waals surface area contributed by atoms with Gasteiger partial charge in [-0.2, -0.15) is 0 Å². The van der Waals surface area contributed by atoms with Crippen molar-refractivity contribution in [1.82, 2.24) is 20.0 Å². The SMILES string of the molecule is Cc1cc(OC(=O)NC2CCC(CN3CCCC3)CC2)nn1Cc1cc(Cl)ccc1OCC(C)C. The Morgan fingerprint density at radius 2 is 1.91 bits per heavy atom. The molecule has 0 spiro atoms. The fraction of sp³-hybridized carbons (Fsp3) is 0.630. The van der Waals surface area contributed by atoms with E-state index in [0.717, 1.165) is 48.6 Å². The van der Waals surface area contributed by atoms with Crippen LogP contribution in [0.3, 0.4) is 0 Å². The van der Waals surface area contributed by atoms with Crippen LogP contribution in [0.5, 0.6) is 11.6 Å². The summed E-state index contributed by atoms with van der Waals surface area (Å²) < 4.78 is 13.3. The van der Waals surface area contributed by atoms with Crippen LogP contribution in [-0.4, -0.2) is 53.1 Å². The molecule has 2 aromatic rings. The Morgan fingerprint density at radius 3 is 2.63 bits per heavy atom. The minimum absolute atomic E-state index is 0.174. The first-order chi connectivity index (χ1) is 16.9. The van der Waals surface area contributed by atoms with Crippen LogP contribution < -0.4 is 14.8 Å². The van der Waals surface area contributed by atoms with E-state index in [1.807, 2.05) is 25.1 Å². The van der Waals surface area contributed by atoms with E-state index in [1.54, 1.807) is 10.7 Å². The van der Waals surface area contributed by atoms with Crippen molar-refractivity contribution < 1.29 is 14.3 Å². The third kappa shape index (κ3) is 7.61. The lowest BCUT2D eigenvalue weighted by Gasteiger charge is -2.31. The summed E-state index contributed by atoms with van der Waals surface area (Å²) in [5.41, 5.74) is 1.83. The van der Waals surface area contributed by atoms with Gasteiger partial charge in [-0.1, -0.05) is 25.4 Å². The number of ether oxygens (including phenoxy) is 2. The zero-order valence-electron chi connectivity index (χ0n) is 21.3. The Bertz CT molecular complexity index is 979. The summed E-state index contributed by atoms with van der Waals surface area (Å²) in [7, 11) is 0. The van der Waals surface area contributed by atoms with Crippen molar-refractivity contribution in [1.29, 1.82) is 0 Å². The molecule has 1 saturated carbocycles. The number of carbonyl (C=O) groups is 1. The highest BCUT2D eigenvalue weighted by Crippen LogP contribution is 2.27. The quantitative estimate of drug-likeness (QED) is 0.478. The molecule has 1 amide bonds. The summed E-state index contributed by atoms with van der Waals surface area (Å²) in [4.78, 5) is 15.1. The molecule has 1 saturated heterocycles. The number of hydrogen-bond donors (Lipinski definition) is 1. The second-order valence-corrected chi connectivity index (χ2v) is 10.9. The zero-order valence-corrected chi connectivity index (χ0v) is 22.0. The van der Waals surface area contributed by atoms with E-state index in [0.29, 0.717) is 30.0 Å². The minimum atomic E-state index is -0.429. The average Bonchev–Trinajstić information content (AvgIpc) is 3.44. The molecule has 2 aliphatic rings. The number of halogens is 1. The molecule has 0 bridgehead atoms. The Hall–Kier alpha value is -2.25. The topological polar surface area (TPSA) is 68.6 Å². The molecular formula is C27H39ClN4O3. The molecule has 1 aliphatic heterocycles. The highest BCUT2D eigenvalue weighted by Gasteiger charge is 2.25. The van der Waals surface area contributed by atoms with E-state index in [-0.39, 0.29) is 6.04 Å². The van der Waals surface area contributed by atoms with E-state index in [9.17, 15) is 4.79 Å². The summed E-state index contributed by atoms with van der Waals surface area (Å²) in [6.07, 6.45) is 6.59. The van der Waals surface area contributed by atoms with Crippen molar-refractivity contribution in [3.63, 3.8) is 0 Å². The van der Waals surface area contributed by atoms with Gasteiger partial charge in [0.2, 0.25) is 5.88 Å². The summed E-state index contributed by atoms with van der Waals surface area (Å²) in [6.45, 7) is 11.0. The lowest BCUT2D eigenvalue weighted by Crippen LogP contribution is -2.40. The molecule has 1 aromatic heterocycles. The smallest absolute Gasteiger partial charge is 0.414 e. The molecule has 1 aliphatic carbocycles. The van der Waals surface area contributed by atoms with Gasteiger partial charge in [0.05, 0.1) is 13.2 Å². The second-order valence-electron chi connectivity index (χ2n) is 10.5. The minimum Gasteiger partial charge on any atom is -0.493 e. The lowest BCUT2D eigenvalue weighted by molar-refractivity contribution is 0.179. The third-order valence-corrected chi connectivity index (χ3v) is 7.19. The van der Waals surface area contributed by atoms with Crippen LogP contribution in [0.4, 0.5) is 4.79 Å². The molecule has 8 heteroatoms. The molecule has 1 aromatic carbocycles. The van der Waals surface area contributed by atoms with Crippen molar-refractivity contribution in [2.45, 2.75) is 71.9 Å². The standard InChI is InChI=1S/C27H39ClN4O3/c1-19(2)18-34-25-11-8-23(28)15-22(25)17-32-20(3)14-26(30-32)35-27(33)29-24-9-6-21(7-10-24)16-31-12-4-5-13-31/h8,11,14-15,19,21,24H,4-7,9-10,12-13,16-18H2,1-3H3,(H,29,33). The molecule has 0 unspecified atom stereocenters. The Kier molecular flexibility index (Phi) is 8.95. The second kappa shape index (κ2) is 12.1. The summed E-state index contributed by atoms with van der Waals surface area (Å²) >= 11 is 6.24. The number of hydrogen-bond acceptors (Lipinski definition) is 5. The van der Waals surface area contributed by atoms with Crippen LogP contribution >= 0.6 is 11.6 Å². The number of aryl methyl sites for hydroxylation is 1. The van der Waals surface area contributed by atoms with Crippen LogP contribution in [0.2, 0.25) is 5.02 Å². The Balaban J connectivity index is 1.28. The third-order valence-electron chi connectivity index (χ3n) is 6.95. The van der Waals surface area contributed by atoms with Crippen LogP contribution in [0.15, 0.2) is 24.3 Å². The van der Waals surface area contributed by atoms with Crippen LogP contribution in [0.25, 0.3) is 0 Å². The maximum absolute atomic E-state index is 12.5. The van der Waals surface area contributed by atoms with E-state index < -0.39 is 6.09 Å². The number of benzene rings is 1. The summed E-state index contributed by atoms with van der Waals surface area (Å²) in [5.74, 6) is 2.26. The largest absolute Gasteiger partial charge is 0.493 e. The molecule has 192 valence electrons. The van der Waals surface area contributed by atoms with Crippen molar-refractivity contribution in [2.24, 2.45) is 11.8 Å². The fourth-order valence-electron chi connectivity index (χ4n) is 5.03. The number of amides is 1. The van der Waals surface area contributed by atoms with Gasteiger partial charge in [-0.15, -0.1) is 5.10 Å². The van der Waals surface area contributed by atoms with Crippen molar-refractivity contribution >= 4 is 17.7 Å². The van der Waals surface area contributed by atoms with Gasteiger partial charge in [-0.05, 0) is 88.6 Å². The molecule has 7 nitrogen and oxygen atoms in total. The Labute approximate surface area is 214 Å². The average molecular weight is 503 g/mol. The first-order valence-electron chi connectivity index (χ1n) is 13.0. The number of nitrogens with zero attached hydrogens (tertiary/aromatic N) is 3. The first-order valence-corrected chi connectivity index (χ1v) is 13.4. The zero-order chi connectivity index (χ0) is 24.8. The Morgan fingerprint density at radius 1 is 1.17 bits per heavy atom. The van der Waals surface area contributed by atoms with E-state index >= 15 is 0 Å². The van der Waals surface area contributed by atoms with Crippen LogP contribution in [-0.2, 0) is 6.54 Å². The molecule has 0 radical (unpaired) electrons. The van der Waals surface area contributed by atoms with Crippen molar-refractivity contribution in [3.05, 3.63) is 40.5 Å². The van der Waals surface area contributed by atoms with E-state index in [1.165, 1.54) is 32.5 Å². The van der Waals surface area contributed by atoms with Gasteiger partial charge in [-0.3, -0.25) is 4.68 Å². The van der Waals surface area contributed by atoms with Gasteiger partial charge >= 0.3 is 6.09 Å². The molecule has 35 heavy (non-hydrogen) atoms. The summed E-state index contributed by atoms with van der Waals surface area (Å²) in [6, 6.07) is 7.57. The maximum atomic E-state index is 12.5. The number of nitrogens with one attached hydrogen (secondary N) is 1. The van der Waals surface area contributed by atoms with Gasteiger partial charge < -0.3 is 19.7 Å². The molecular weight excluding hydrogens is 464 g/mol. The van der Waals surface area contributed by atoms with Crippen molar-refractivity contribution in [2.75, 3.05) is 26.2 Å². The van der Waals surface area contributed by atoms with Crippen molar-refractivity contribution in [3.8, 4) is 11.6 Å². The molecule has 2 fully saturated rings. The van der Waals surface area contributed by atoms with E-state index in [2.05, 4.69) is 29.2 Å². The van der Waals surface area contributed by atoms with Gasteiger partial charge in [0.25, 0.3) is 0 Å². The number of carbonyl (C=O) groups excluding carboxylic acids is 1. The predicted molar refractivity (Wildman–Crippen MR) is 138 cm³/mol. The van der Waals surface area contributed by atoms with E-state index in [4.69, 9.17) is 21.1 Å². The van der Waals surface area contributed by atoms with Crippen LogP contribution in [0, 0.1) is 18.8 Å². The summed E-state index contributed by atoms with van der Waals surface area (Å²) in [5, 5.41) is 8.19. The molecule has 1 N–H and O–H groups in total. The number of rotatable bonds is 9. The van der Waals surface area contributed by atoms with Gasteiger partial charge in [0.15, 0.2) is 0 Å². The van der Waals surface area contributed by atoms with Gasteiger partial charge in [-0.25, -0.2) is 4.79 Å². The monoisotopic (exact) mass is 502 g/mol. The highest BCUT2D eigenvalue weighted by atomic mass is 35.5. The number of aromatic nitrogens is 2.